The van der Waals surface area contributed by atoms with Crippen molar-refractivity contribution >= 4 is 0 Å². The molecule has 0 aliphatic rings. The molecule has 0 amide bonds. The largest absolute Gasteiger partial charge is 0.317 e. The fourth-order valence-corrected chi connectivity index (χ4v) is 6.03. The van der Waals surface area contributed by atoms with Gasteiger partial charge in [-0.2, -0.15) is 0 Å². The maximum atomic E-state index is 4.07. The normalized spacial score (nSPS) is 14.3. The molecule has 4 heteroatoms. The number of hydrogen-bond donors (Lipinski definition) is 3. The zero-order valence-electron chi connectivity index (χ0n) is 31.1. The van der Waals surface area contributed by atoms with Gasteiger partial charge in [-0.3, -0.25) is 4.90 Å². The second-order valence-corrected chi connectivity index (χ2v) is 16.2. The van der Waals surface area contributed by atoms with E-state index in [2.05, 4.69) is 97.0 Å². The van der Waals surface area contributed by atoms with E-state index in [-0.39, 0.29) is 5.54 Å². The van der Waals surface area contributed by atoms with Gasteiger partial charge in [-0.25, -0.2) is 0 Å². The molecule has 2 unspecified atom stereocenters. The maximum absolute atomic E-state index is 4.07. The average molecular weight is 595 g/mol. The van der Waals surface area contributed by atoms with Crippen molar-refractivity contribution in [2.24, 2.45) is 29.6 Å². The van der Waals surface area contributed by atoms with Gasteiger partial charge in [-0.1, -0.05) is 75.2 Å². The minimum atomic E-state index is 0.242. The second-order valence-electron chi connectivity index (χ2n) is 16.2. The molecule has 0 aliphatic heterocycles. The van der Waals surface area contributed by atoms with Crippen LogP contribution in [0, 0.1) is 29.6 Å². The van der Waals surface area contributed by atoms with Crippen molar-refractivity contribution in [1.29, 1.82) is 0 Å². The molecule has 4 nitrogen and oxygen atoms in total. The molecule has 0 spiro atoms. The summed E-state index contributed by atoms with van der Waals surface area (Å²) >= 11 is 0. The van der Waals surface area contributed by atoms with E-state index in [4.69, 9.17) is 0 Å². The molecule has 254 valence electrons. The fraction of sp³-hybridized carbons (Fsp3) is 1.00. The third kappa shape index (κ3) is 27.4. The number of nitrogens with one attached hydrogen (secondary N) is 3. The van der Waals surface area contributed by atoms with Crippen LogP contribution in [0.5, 0.6) is 0 Å². The molecular weight excluding hydrogens is 512 g/mol. The molecule has 42 heavy (non-hydrogen) atoms. The zero-order chi connectivity index (χ0) is 31.8. The topological polar surface area (TPSA) is 39.3 Å². The van der Waals surface area contributed by atoms with Gasteiger partial charge in [0.2, 0.25) is 0 Å². The van der Waals surface area contributed by atoms with Crippen LogP contribution in [0.4, 0.5) is 0 Å². The van der Waals surface area contributed by atoms with E-state index in [9.17, 15) is 0 Å². The van der Waals surface area contributed by atoms with Crippen LogP contribution in [-0.4, -0.2) is 55.9 Å². The standard InChI is InChI=1S/C38H82N4/c1-32(2)19-14-26-39-27-17-23-36(9)31-42(30-18-22-35(7)8)37(40-28-15-20-33(3)4)24-12-13-25-38(10,11)41-29-16-21-34(5)6/h32-37,39-41H,12-31H2,1-11H3. The molecule has 0 saturated carbocycles. The Morgan fingerprint density at radius 1 is 0.524 bits per heavy atom. The third-order valence-corrected chi connectivity index (χ3v) is 8.83. The number of hydrogen-bond acceptors (Lipinski definition) is 4. The maximum Gasteiger partial charge on any atom is 0.0597 e. The lowest BCUT2D eigenvalue weighted by atomic mass is 9.95. The SMILES string of the molecule is CC(C)CCCNCCCC(C)CN(CCCC(C)C)C(CCCCC(C)(C)NCCCC(C)C)NCCCC(C)C. The van der Waals surface area contributed by atoms with Crippen LogP contribution in [0.3, 0.4) is 0 Å². The highest BCUT2D eigenvalue weighted by molar-refractivity contribution is 4.79. The molecule has 0 aromatic rings. The summed E-state index contributed by atoms with van der Waals surface area (Å²) in [6.45, 7) is 33.2. The van der Waals surface area contributed by atoms with Crippen LogP contribution < -0.4 is 16.0 Å². The number of rotatable bonds is 30. The van der Waals surface area contributed by atoms with Gasteiger partial charge in [0.15, 0.2) is 0 Å². The first-order valence-corrected chi connectivity index (χ1v) is 18.8. The molecule has 0 radical (unpaired) electrons. The Morgan fingerprint density at radius 3 is 1.60 bits per heavy atom. The van der Waals surface area contributed by atoms with E-state index in [1.54, 1.807) is 0 Å². The van der Waals surface area contributed by atoms with Gasteiger partial charge in [-0.15, -0.1) is 0 Å². The summed E-state index contributed by atoms with van der Waals surface area (Å²) in [5.74, 6) is 3.96. The molecule has 2 atom stereocenters. The molecule has 0 heterocycles. The van der Waals surface area contributed by atoms with Gasteiger partial charge in [-0.05, 0) is 153 Å². The van der Waals surface area contributed by atoms with Crippen molar-refractivity contribution in [2.75, 3.05) is 39.3 Å². The highest BCUT2D eigenvalue weighted by Gasteiger charge is 2.21. The van der Waals surface area contributed by atoms with E-state index in [0.717, 1.165) is 42.7 Å². The summed E-state index contributed by atoms with van der Waals surface area (Å²) in [6, 6.07) is 0. The quantitative estimate of drug-likeness (QED) is 0.0572. The summed E-state index contributed by atoms with van der Waals surface area (Å²) in [4.78, 5) is 2.85. The van der Waals surface area contributed by atoms with Gasteiger partial charge in [0.05, 0.1) is 6.17 Å². The van der Waals surface area contributed by atoms with Crippen LogP contribution in [0.1, 0.15) is 166 Å². The minimum Gasteiger partial charge on any atom is -0.317 e. The van der Waals surface area contributed by atoms with Crippen molar-refractivity contribution in [2.45, 2.75) is 178 Å². The highest BCUT2D eigenvalue weighted by atomic mass is 15.3. The predicted octanol–water partition coefficient (Wildman–Crippen LogP) is 9.88. The van der Waals surface area contributed by atoms with E-state index < -0.39 is 0 Å². The molecule has 0 aromatic carbocycles. The van der Waals surface area contributed by atoms with Crippen molar-refractivity contribution < 1.29 is 0 Å². The first-order chi connectivity index (χ1) is 19.8. The van der Waals surface area contributed by atoms with Crippen molar-refractivity contribution in [3.63, 3.8) is 0 Å². The molecule has 0 saturated heterocycles. The summed E-state index contributed by atoms with van der Waals surface area (Å²) in [5.41, 5.74) is 0.242. The van der Waals surface area contributed by atoms with Gasteiger partial charge >= 0.3 is 0 Å². The Hall–Kier alpha value is -0.160. The summed E-state index contributed by atoms with van der Waals surface area (Å²) in [6.07, 6.45) is 18.9. The first-order valence-electron chi connectivity index (χ1n) is 18.8. The smallest absolute Gasteiger partial charge is 0.0597 e. The van der Waals surface area contributed by atoms with Crippen LogP contribution in [0.15, 0.2) is 0 Å². The Bertz CT molecular complexity index is 571. The van der Waals surface area contributed by atoms with Gasteiger partial charge in [0.1, 0.15) is 0 Å². The lowest BCUT2D eigenvalue weighted by Crippen LogP contribution is -2.48. The van der Waals surface area contributed by atoms with Crippen molar-refractivity contribution in [3.8, 4) is 0 Å². The number of nitrogens with zero attached hydrogens (tertiary/aromatic N) is 1. The van der Waals surface area contributed by atoms with Crippen LogP contribution in [0.2, 0.25) is 0 Å². The number of unbranched alkanes of at least 4 members (excludes halogenated alkanes) is 1. The van der Waals surface area contributed by atoms with Crippen LogP contribution in [-0.2, 0) is 0 Å². The van der Waals surface area contributed by atoms with Crippen molar-refractivity contribution in [3.05, 3.63) is 0 Å². The third-order valence-electron chi connectivity index (χ3n) is 8.83. The predicted molar refractivity (Wildman–Crippen MR) is 191 cm³/mol. The summed E-state index contributed by atoms with van der Waals surface area (Å²) < 4.78 is 0. The second kappa shape index (κ2) is 26.1. The molecular formula is C38H82N4. The Kier molecular flexibility index (Phi) is 26.0. The van der Waals surface area contributed by atoms with Crippen LogP contribution >= 0.6 is 0 Å². The van der Waals surface area contributed by atoms with E-state index in [1.807, 2.05) is 0 Å². The highest BCUT2D eigenvalue weighted by Crippen LogP contribution is 2.19. The van der Waals surface area contributed by atoms with E-state index in [0.29, 0.717) is 6.17 Å². The van der Waals surface area contributed by atoms with E-state index >= 15 is 0 Å². The van der Waals surface area contributed by atoms with Gasteiger partial charge in [0, 0.05) is 12.1 Å². The molecule has 0 rings (SSSR count). The lowest BCUT2D eigenvalue weighted by Gasteiger charge is -2.35. The summed E-state index contributed by atoms with van der Waals surface area (Å²) in [5, 5.41) is 11.6. The molecule has 3 N–H and O–H groups in total. The van der Waals surface area contributed by atoms with Gasteiger partial charge in [0.25, 0.3) is 0 Å². The monoisotopic (exact) mass is 595 g/mol. The van der Waals surface area contributed by atoms with Crippen LogP contribution in [0.25, 0.3) is 0 Å². The zero-order valence-corrected chi connectivity index (χ0v) is 31.1. The molecule has 0 aromatic heterocycles. The van der Waals surface area contributed by atoms with E-state index in [1.165, 1.54) is 116 Å². The molecule has 0 fully saturated rings. The Balaban J connectivity index is 4.99. The molecule has 0 aliphatic carbocycles. The summed E-state index contributed by atoms with van der Waals surface area (Å²) in [7, 11) is 0. The Labute approximate surface area is 267 Å². The van der Waals surface area contributed by atoms with Crippen molar-refractivity contribution in [1.82, 2.24) is 20.9 Å². The van der Waals surface area contributed by atoms with Gasteiger partial charge < -0.3 is 16.0 Å². The minimum absolute atomic E-state index is 0.242. The lowest BCUT2D eigenvalue weighted by molar-refractivity contribution is 0.124. The Morgan fingerprint density at radius 2 is 1.02 bits per heavy atom. The average Bonchev–Trinajstić information content (AvgIpc) is 2.88. The fourth-order valence-electron chi connectivity index (χ4n) is 6.03. The first kappa shape index (κ1) is 41.8. The molecule has 0 bridgehead atoms.